The minimum absolute atomic E-state index is 0.199. The lowest BCUT2D eigenvalue weighted by molar-refractivity contribution is 0.0996. The van der Waals surface area contributed by atoms with Crippen LogP contribution in [0, 0.1) is 5.82 Å². The first-order valence-electron chi connectivity index (χ1n) is 6.30. The Morgan fingerprint density at radius 2 is 2.15 bits per heavy atom. The summed E-state index contributed by atoms with van der Waals surface area (Å²) in [5, 5.41) is 0. The number of hydrogen-bond acceptors (Lipinski definition) is 4. The highest BCUT2D eigenvalue weighted by Gasteiger charge is 2.31. The Morgan fingerprint density at radius 3 is 2.60 bits per heavy atom. The van der Waals surface area contributed by atoms with Crippen LogP contribution in [0.2, 0.25) is 0 Å². The first-order chi connectivity index (χ1) is 9.52. The molecule has 1 aromatic carbocycles. The smallest absolute Gasteiger partial charge is 0.414 e. The van der Waals surface area contributed by atoms with Gasteiger partial charge in [0.1, 0.15) is 11.9 Å². The summed E-state index contributed by atoms with van der Waals surface area (Å²) in [7, 11) is 0. The summed E-state index contributed by atoms with van der Waals surface area (Å²) in [6.07, 6.45) is -0.993. The number of amides is 2. The zero-order valence-corrected chi connectivity index (χ0v) is 11.4. The number of hydrogen-bond donors (Lipinski definition) is 2. The van der Waals surface area contributed by atoms with Gasteiger partial charge in [-0.2, -0.15) is 0 Å². The van der Waals surface area contributed by atoms with Gasteiger partial charge in [-0.3, -0.25) is 9.69 Å². The summed E-state index contributed by atoms with van der Waals surface area (Å²) in [4.78, 5) is 23.6. The number of benzene rings is 1. The summed E-state index contributed by atoms with van der Waals surface area (Å²) in [5.74, 6) is -1.63. The number of anilines is 1. The van der Waals surface area contributed by atoms with E-state index in [0.29, 0.717) is 5.69 Å². The second-order valence-corrected chi connectivity index (χ2v) is 3.88. The van der Waals surface area contributed by atoms with Gasteiger partial charge in [0.25, 0.3) is 5.91 Å². The predicted molar refractivity (Wildman–Crippen MR) is 72.9 cm³/mol. The number of cyclic esters (lactones) is 1. The maximum atomic E-state index is 13.6. The molecule has 0 saturated carbocycles. The van der Waals surface area contributed by atoms with E-state index in [-0.39, 0.29) is 18.7 Å². The molecule has 0 spiro atoms. The Kier molecular flexibility index (Phi) is 5.45. The highest BCUT2D eigenvalue weighted by Crippen LogP contribution is 2.23. The number of nitrogens with two attached hydrogens (primary N) is 2. The van der Waals surface area contributed by atoms with Crippen molar-refractivity contribution < 1.29 is 18.7 Å². The third kappa shape index (κ3) is 3.24. The van der Waals surface area contributed by atoms with Gasteiger partial charge in [0.2, 0.25) is 0 Å². The Labute approximate surface area is 116 Å². The van der Waals surface area contributed by atoms with Crippen molar-refractivity contribution in [3.63, 3.8) is 0 Å². The second-order valence-electron chi connectivity index (χ2n) is 3.88. The monoisotopic (exact) mass is 283 g/mol. The van der Waals surface area contributed by atoms with E-state index >= 15 is 0 Å². The number of carbonyl (C=O) groups is 2. The SMILES string of the molecule is CC.NCC1CN(c2ccc(C(N)=O)c(F)c2)C(=O)O1. The highest BCUT2D eigenvalue weighted by molar-refractivity contribution is 5.95. The van der Waals surface area contributed by atoms with E-state index in [1.54, 1.807) is 0 Å². The molecule has 0 bridgehead atoms. The molecule has 1 aliphatic rings. The summed E-state index contributed by atoms with van der Waals surface area (Å²) in [6, 6.07) is 3.74. The summed E-state index contributed by atoms with van der Waals surface area (Å²) < 4.78 is 18.5. The van der Waals surface area contributed by atoms with Gasteiger partial charge in [-0.25, -0.2) is 9.18 Å². The average molecular weight is 283 g/mol. The largest absolute Gasteiger partial charge is 0.443 e. The Hall–Kier alpha value is -2.15. The van der Waals surface area contributed by atoms with Gasteiger partial charge in [0.15, 0.2) is 0 Å². The van der Waals surface area contributed by atoms with Crippen LogP contribution in [0.3, 0.4) is 0 Å². The zero-order chi connectivity index (χ0) is 15.3. The van der Waals surface area contributed by atoms with Gasteiger partial charge in [0.05, 0.1) is 17.8 Å². The van der Waals surface area contributed by atoms with Crippen LogP contribution in [0.15, 0.2) is 18.2 Å². The van der Waals surface area contributed by atoms with Gasteiger partial charge >= 0.3 is 6.09 Å². The highest BCUT2D eigenvalue weighted by atomic mass is 19.1. The van der Waals surface area contributed by atoms with Crippen LogP contribution in [0.1, 0.15) is 24.2 Å². The Morgan fingerprint density at radius 1 is 1.50 bits per heavy atom. The minimum Gasteiger partial charge on any atom is -0.443 e. The van der Waals surface area contributed by atoms with E-state index in [9.17, 15) is 14.0 Å². The van der Waals surface area contributed by atoms with Crippen LogP contribution in [0.5, 0.6) is 0 Å². The maximum absolute atomic E-state index is 13.6. The van der Waals surface area contributed by atoms with Crippen LogP contribution in [0.4, 0.5) is 14.9 Å². The normalized spacial score (nSPS) is 17.3. The van der Waals surface area contributed by atoms with Crippen LogP contribution < -0.4 is 16.4 Å². The summed E-state index contributed by atoms with van der Waals surface area (Å²) >= 11 is 0. The molecule has 2 rings (SSSR count). The molecule has 1 fully saturated rings. The van der Waals surface area contributed by atoms with E-state index in [1.165, 1.54) is 17.0 Å². The first kappa shape index (κ1) is 15.9. The first-order valence-corrected chi connectivity index (χ1v) is 6.30. The molecule has 7 heteroatoms. The van der Waals surface area contributed by atoms with Gasteiger partial charge in [-0.1, -0.05) is 13.8 Å². The molecule has 6 nitrogen and oxygen atoms in total. The lowest BCUT2D eigenvalue weighted by Gasteiger charge is -2.13. The molecule has 1 heterocycles. The van der Waals surface area contributed by atoms with Crippen molar-refractivity contribution in [3.05, 3.63) is 29.6 Å². The van der Waals surface area contributed by atoms with E-state index in [4.69, 9.17) is 16.2 Å². The zero-order valence-electron chi connectivity index (χ0n) is 11.4. The van der Waals surface area contributed by atoms with Crippen LogP contribution in [-0.4, -0.2) is 31.2 Å². The van der Waals surface area contributed by atoms with Crippen molar-refractivity contribution in [2.45, 2.75) is 20.0 Å². The number of rotatable bonds is 3. The fraction of sp³-hybridized carbons (Fsp3) is 0.385. The molecule has 1 saturated heterocycles. The van der Waals surface area contributed by atoms with Gasteiger partial charge in [0, 0.05) is 6.54 Å². The standard InChI is InChI=1S/C11H12FN3O3.C2H6/c12-9-3-6(1-2-8(9)10(14)16)15-5-7(4-13)18-11(15)17;1-2/h1-3,7H,4-5,13H2,(H2,14,16);1-2H3. The fourth-order valence-corrected chi connectivity index (χ4v) is 1.73. The van der Waals surface area contributed by atoms with Crippen molar-refractivity contribution in [2.75, 3.05) is 18.0 Å². The number of halogens is 1. The predicted octanol–water partition coefficient (Wildman–Crippen LogP) is 1.23. The number of nitrogens with zero attached hydrogens (tertiary/aromatic N) is 1. The molecule has 0 aromatic heterocycles. The summed E-state index contributed by atoms with van der Waals surface area (Å²) in [5.41, 5.74) is 10.5. The number of primary amides is 1. The molecule has 1 unspecified atom stereocenters. The maximum Gasteiger partial charge on any atom is 0.414 e. The molecule has 1 aliphatic heterocycles. The number of carbonyl (C=O) groups excluding carboxylic acids is 2. The number of ether oxygens (including phenoxy) is 1. The van der Waals surface area contributed by atoms with Gasteiger partial charge < -0.3 is 16.2 Å². The van der Waals surface area contributed by atoms with E-state index in [1.807, 2.05) is 13.8 Å². The van der Waals surface area contributed by atoms with Crippen molar-refractivity contribution >= 4 is 17.7 Å². The lowest BCUT2D eigenvalue weighted by Crippen LogP contribution is -2.27. The molecule has 2 amide bonds. The minimum atomic E-state index is -0.858. The second kappa shape index (κ2) is 6.85. The molecule has 1 aromatic rings. The molecule has 0 aliphatic carbocycles. The molecule has 1 atom stereocenters. The van der Waals surface area contributed by atoms with Crippen LogP contribution in [0.25, 0.3) is 0 Å². The average Bonchev–Trinajstić information content (AvgIpc) is 2.82. The van der Waals surface area contributed by atoms with Crippen molar-refractivity contribution in [1.29, 1.82) is 0 Å². The fourth-order valence-electron chi connectivity index (χ4n) is 1.73. The third-order valence-electron chi connectivity index (χ3n) is 2.67. The topological polar surface area (TPSA) is 98.6 Å². The van der Waals surface area contributed by atoms with Crippen molar-refractivity contribution in [1.82, 2.24) is 0 Å². The van der Waals surface area contributed by atoms with Gasteiger partial charge in [-0.15, -0.1) is 0 Å². The van der Waals surface area contributed by atoms with E-state index < -0.39 is 23.9 Å². The summed E-state index contributed by atoms with van der Waals surface area (Å²) in [6.45, 7) is 4.45. The third-order valence-corrected chi connectivity index (χ3v) is 2.67. The van der Waals surface area contributed by atoms with Crippen molar-refractivity contribution in [2.24, 2.45) is 11.5 Å². The lowest BCUT2D eigenvalue weighted by atomic mass is 10.1. The molecular formula is C13H18FN3O3. The Bertz CT molecular complexity index is 508. The molecular weight excluding hydrogens is 265 g/mol. The van der Waals surface area contributed by atoms with Crippen LogP contribution in [-0.2, 0) is 4.74 Å². The Balaban J connectivity index is 0.000000956. The molecule has 110 valence electrons. The molecule has 4 N–H and O–H groups in total. The molecule has 20 heavy (non-hydrogen) atoms. The van der Waals surface area contributed by atoms with E-state index in [0.717, 1.165) is 6.07 Å². The van der Waals surface area contributed by atoms with Gasteiger partial charge in [-0.05, 0) is 18.2 Å². The quantitative estimate of drug-likeness (QED) is 0.871. The van der Waals surface area contributed by atoms with E-state index in [2.05, 4.69) is 0 Å². The van der Waals surface area contributed by atoms with Crippen LogP contribution >= 0.6 is 0 Å². The van der Waals surface area contributed by atoms with Crippen molar-refractivity contribution in [3.8, 4) is 0 Å². The molecule has 0 radical (unpaired) electrons.